The van der Waals surface area contributed by atoms with Gasteiger partial charge in [0, 0.05) is 24.2 Å². The second-order valence-electron chi connectivity index (χ2n) is 5.17. The molecule has 0 aliphatic heterocycles. The van der Waals surface area contributed by atoms with Crippen LogP contribution in [0.25, 0.3) is 22.2 Å². The highest BCUT2D eigenvalue weighted by atomic mass is 16.4. The van der Waals surface area contributed by atoms with Gasteiger partial charge in [-0.2, -0.15) is 0 Å². The summed E-state index contributed by atoms with van der Waals surface area (Å²) < 4.78 is 11.4. The van der Waals surface area contributed by atoms with E-state index in [1.54, 1.807) is 24.3 Å². The molecule has 110 valence electrons. The van der Waals surface area contributed by atoms with Crippen molar-refractivity contribution in [3.05, 3.63) is 48.2 Å². The van der Waals surface area contributed by atoms with Crippen LogP contribution in [0.4, 0.5) is 11.4 Å². The molecule has 0 spiro atoms. The summed E-state index contributed by atoms with van der Waals surface area (Å²) in [6.07, 6.45) is 1.22. The van der Waals surface area contributed by atoms with Crippen molar-refractivity contribution in [2.75, 3.05) is 11.5 Å². The molecule has 2 heterocycles. The molecule has 4 rings (SSSR count). The molecule has 2 aromatic carbocycles. The zero-order valence-electron chi connectivity index (χ0n) is 11.7. The molecule has 0 bridgehead atoms. The van der Waals surface area contributed by atoms with Crippen LogP contribution in [0.15, 0.2) is 45.2 Å². The van der Waals surface area contributed by atoms with Gasteiger partial charge in [-0.25, -0.2) is 9.97 Å². The maximum absolute atomic E-state index is 5.74. The molecule has 0 aliphatic carbocycles. The molecule has 0 fully saturated rings. The highest BCUT2D eigenvalue weighted by molar-refractivity contribution is 5.77. The first kappa shape index (κ1) is 12.7. The molecule has 0 saturated heterocycles. The lowest BCUT2D eigenvalue weighted by atomic mass is 10.3. The molecule has 0 unspecified atom stereocenters. The summed E-state index contributed by atoms with van der Waals surface area (Å²) in [4.78, 5) is 8.84. The van der Waals surface area contributed by atoms with E-state index in [0.29, 0.717) is 36.0 Å². The summed E-state index contributed by atoms with van der Waals surface area (Å²) in [7, 11) is 0. The van der Waals surface area contributed by atoms with Gasteiger partial charge in [-0.3, -0.25) is 0 Å². The average molecular weight is 294 g/mol. The molecule has 0 amide bonds. The van der Waals surface area contributed by atoms with Crippen LogP contribution in [-0.4, -0.2) is 9.97 Å². The maximum Gasteiger partial charge on any atom is 0.195 e. The molecule has 0 aliphatic rings. The van der Waals surface area contributed by atoms with Crippen molar-refractivity contribution >= 4 is 33.6 Å². The van der Waals surface area contributed by atoms with Crippen molar-refractivity contribution in [3.63, 3.8) is 0 Å². The van der Waals surface area contributed by atoms with Gasteiger partial charge in [0.2, 0.25) is 0 Å². The van der Waals surface area contributed by atoms with Crippen LogP contribution in [0.3, 0.4) is 0 Å². The van der Waals surface area contributed by atoms with Crippen molar-refractivity contribution in [1.82, 2.24) is 9.97 Å². The first-order chi connectivity index (χ1) is 10.7. The van der Waals surface area contributed by atoms with E-state index < -0.39 is 0 Å². The number of hydrogen-bond donors (Lipinski definition) is 2. The summed E-state index contributed by atoms with van der Waals surface area (Å²) in [5.41, 5.74) is 15.8. The Hall–Kier alpha value is -3.02. The Morgan fingerprint density at radius 2 is 1.18 bits per heavy atom. The Balaban J connectivity index is 1.56. The number of anilines is 2. The number of aryl methyl sites for hydroxylation is 2. The van der Waals surface area contributed by atoms with Crippen LogP contribution in [0.2, 0.25) is 0 Å². The number of benzene rings is 2. The second-order valence-corrected chi connectivity index (χ2v) is 5.17. The highest BCUT2D eigenvalue weighted by Gasteiger charge is 2.10. The predicted octanol–water partition coefficient (Wildman–Crippen LogP) is 2.92. The first-order valence-electron chi connectivity index (χ1n) is 6.97. The number of rotatable bonds is 3. The Labute approximate surface area is 125 Å². The number of hydrogen-bond acceptors (Lipinski definition) is 6. The third-order valence-corrected chi connectivity index (χ3v) is 3.46. The summed E-state index contributed by atoms with van der Waals surface area (Å²) in [5, 5.41) is 0. The number of oxazole rings is 2. The molecular weight excluding hydrogens is 280 g/mol. The highest BCUT2D eigenvalue weighted by Crippen LogP contribution is 2.21. The summed E-state index contributed by atoms with van der Waals surface area (Å²) >= 11 is 0. The Morgan fingerprint density at radius 3 is 1.64 bits per heavy atom. The lowest BCUT2D eigenvalue weighted by Gasteiger charge is -1.91. The largest absolute Gasteiger partial charge is 0.441 e. The van der Waals surface area contributed by atoms with Gasteiger partial charge in [0.05, 0.1) is 0 Å². The van der Waals surface area contributed by atoms with Gasteiger partial charge in [-0.05, 0) is 36.4 Å². The van der Waals surface area contributed by atoms with Gasteiger partial charge in [0.1, 0.15) is 11.0 Å². The summed E-state index contributed by atoms with van der Waals surface area (Å²) in [5.74, 6) is 1.28. The van der Waals surface area contributed by atoms with E-state index in [-0.39, 0.29) is 0 Å². The Bertz CT molecular complexity index is 891. The fraction of sp³-hybridized carbons (Fsp3) is 0.125. The quantitative estimate of drug-likeness (QED) is 0.563. The zero-order valence-corrected chi connectivity index (χ0v) is 11.7. The molecule has 6 heteroatoms. The van der Waals surface area contributed by atoms with Crippen LogP contribution >= 0.6 is 0 Å². The monoisotopic (exact) mass is 294 g/mol. The molecule has 22 heavy (non-hydrogen) atoms. The lowest BCUT2D eigenvalue weighted by Crippen LogP contribution is -1.91. The fourth-order valence-electron chi connectivity index (χ4n) is 2.41. The van der Waals surface area contributed by atoms with Crippen LogP contribution < -0.4 is 11.5 Å². The van der Waals surface area contributed by atoms with E-state index in [9.17, 15) is 0 Å². The van der Waals surface area contributed by atoms with Gasteiger partial charge in [-0.1, -0.05) is 0 Å². The van der Waals surface area contributed by atoms with Crippen molar-refractivity contribution in [2.45, 2.75) is 12.8 Å². The van der Waals surface area contributed by atoms with E-state index in [1.807, 2.05) is 12.1 Å². The minimum absolute atomic E-state index is 0.608. The SMILES string of the molecule is Nc1ccc2oc(CCc3nc4cc(N)ccc4o3)nc2c1. The average Bonchev–Trinajstić information content (AvgIpc) is 3.07. The van der Waals surface area contributed by atoms with Gasteiger partial charge < -0.3 is 20.3 Å². The standard InChI is InChI=1S/C16H14N4O2/c17-9-1-3-13-11(7-9)19-15(21-13)5-6-16-20-12-8-10(18)2-4-14(12)22-16/h1-4,7-8H,5-6,17-18H2. The van der Waals surface area contributed by atoms with Crippen LogP contribution in [0.5, 0.6) is 0 Å². The van der Waals surface area contributed by atoms with Gasteiger partial charge in [-0.15, -0.1) is 0 Å². The predicted molar refractivity (Wildman–Crippen MR) is 84.3 cm³/mol. The summed E-state index contributed by atoms with van der Waals surface area (Å²) in [6.45, 7) is 0. The van der Waals surface area contributed by atoms with Crippen LogP contribution in [0, 0.1) is 0 Å². The molecule has 0 atom stereocenters. The molecule has 0 saturated carbocycles. The van der Waals surface area contributed by atoms with Gasteiger partial charge in [0.25, 0.3) is 0 Å². The van der Waals surface area contributed by atoms with Crippen molar-refractivity contribution in [1.29, 1.82) is 0 Å². The van der Waals surface area contributed by atoms with E-state index in [1.165, 1.54) is 0 Å². The van der Waals surface area contributed by atoms with Crippen molar-refractivity contribution in [2.24, 2.45) is 0 Å². The smallest absolute Gasteiger partial charge is 0.195 e. The molecule has 6 nitrogen and oxygen atoms in total. The Kier molecular flexibility index (Phi) is 2.75. The lowest BCUT2D eigenvalue weighted by molar-refractivity contribution is 0.488. The maximum atomic E-state index is 5.74. The van der Waals surface area contributed by atoms with Crippen LogP contribution in [0.1, 0.15) is 11.8 Å². The number of fused-ring (bicyclic) bond motifs is 2. The molecule has 4 aromatic rings. The third-order valence-electron chi connectivity index (χ3n) is 3.46. The number of nitrogens with two attached hydrogens (primary N) is 2. The van der Waals surface area contributed by atoms with E-state index >= 15 is 0 Å². The van der Waals surface area contributed by atoms with Crippen molar-refractivity contribution in [3.8, 4) is 0 Å². The molecule has 4 N–H and O–H groups in total. The van der Waals surface area contributed by atoms with Gasteiger partial charge in [0.15, 0.2) is 22.9 Å². The Morgan fingerprint density at radius 1 is 0.727 bits per heavy atom. The number of aromatic nitrogens is 2. The molecule has 2 aromatic heterocycles. The number of nitrogen functional groups attached to an aromatic ring is 2. The zero-order chi connectivity index (χ0) is 15.1. The second kappa shape index (κ2) is 4.77. The topological polar surface area (TPSA) is 104 Å². The van der Waals surface area contributed by atoms with Crippen molar-refractivity contribution < 1.29 is 8.83 Å². The van der Waals surface area contributed by atoms with E-state index in [2.05, 4.69) is 9.97 Å². The first-order valence-corrected chi connectivity index (χ1v) is 6.97. The number of nitrogens with zero attached hydrogens (tertiary/aromatic N) is 2. The van der Waals surface area contributed by atoms with Gasteiger partial charge >= 0.3 is 0 Å². The fourth-order valence-corrected chi connectivity index (χ4v) is 2.41. The minimum Gasteiger partial charge on any atom is -0.441 e. The third kappa shape index (κ3) is 2.24. The van der Waals surface area contributed by atoms with E-state index in [4.69, 9.17) is 20.3 Å². The molecular formula is C16H14N4O2. The van der Waals surface area contributed by atoms with E-state index in [0.717, 1.165) is 22.2 Å². The molecule has 0 radical (unpaired) electrons. The normalized spacial score (nSPS) is 11.5. The minimum atomic E-state index is 0.608. The summed E-state index contributed by atoms with van der Waals surface area (Å²) in [6, 6.07) is 10.8. The van der Waals surface area contributed by atoms with Crippen LogP contribution in [-0.2, 0) is 12.8 Å².